The third-order valence-corrected chi connectivity index (χ3v) is 18.3. The minimum Gasteiger partial charge on any atom is -0.462 e. The second-order valence-corrected chi connectivity index (χ2v) is 29.1. The third kappa shape index (κ3) is 73.8. The minimum absolute atomic E-state index is 0.0704. The summed E-state index contributed by atoms with van der Waals surface area (Å²) < 4.78 is 68.6. The van der Waals surface area contributed by atoms with Crippen LogP contribution >= 0.6 is 15.6 Å². The maximum atomic E-state index is 13.1. The van der Waals surface area contributed by atoms with E-state index in [1.165, 1.54) is 38.5 Å². The average Bonchev–Trinajstić information content (AvgIpc) is 0.939. The van der Waals surface area contributed by atoms with E-state index in [9.17, 15) is 43.2 Å². The predicted molar refractivity (Wildman–Crippen MR) is 418 cm³/mol. The van der Waals surface area contributed by atoms with Crippen LogP contribution in [-0.2, 0) is 65.4 Å². The van der Waals surface area contributed by atoms with Gasteiger partial charge in [-0.3, -0.25) is 37.3 Å². The molecule has 0 aliphatic carbocycles. The number of unbranched alkanes of at least 4 members (excludes halogenated alkanes) is 28. The standard InChI is InChI=1S/C83H142O17P2/c1-5-9-13-17-21-25-29-32-35-37-38-40-43-45-49-52-56-60-64-68-81(86)94-74-79(100-83(88)70-66-62-58-54-50-46-41-34-31-27-23-19-15-11-7-3)76-98-102(91,92)96-72-77(84)71-95-101(89,90)97-75-78(99-82(87)69-65-61-57-53-47-28-24-20-16-12-8-4)73-93-80(85)67-63-59-55-51-48-44-42-39-36-33-30-26-22-18-14-10-6-2/h9-11,13-15,21-23,25-27,32-36,38,40-41,77-79,84H,5-8,12,16-20,24,28-31,37,39,42-76H2,1-4H3,(H,89,90)(H,91,92)/b13-9-,14-10-,15-11-,25-21-,26-22-,27-23-,35-32-,36-33-,40-38-,41-34-. The summed E-state index contributed by atoms with van der Waals surface area (Å²) in [5.74, 6) is -2.21. The Bertz CT molecular complexity index is 2410. The Balaban J connectivity index is 5.34. The van der Waals surface area contributed by atoms with E-state index in [0.29, 0.717) is 25.7 Å². The maximum absolute atomic E-state index is 13.1. The first-order valence-electron chi connectivity index (χ1n) is 39.8. The van der Waals surface area contributed by atoms with Crippen molar-refractivity contribution >= 4 is 39.5 Å². The smallest absolute Gasteiger partial charge is 0.462 e. The fourth-order valence-corrected chi connectivity index (χ4v) is 12.1. The highest BCUT2D eigenvalue weighted by Crippen LogP contribution is 2.45. The molecule has 0 aromatic rings. The summed E-state index contributed by atoms with van der Waals surface area (Å²) in [6, 6.07) is 0. The Kier molecular flexibility index (Phi) is 71.4. The van der Waals surface area contributed by atoms with Crippen LogP contribution in [0.4, 0.5) is 0 Å². The molecule has 0 aromatic heterocycles. The number of hydrogen-bond donors (Lipinski definition) is 3. The molecule has 5 unspecified atom stereocenters. The van der Waals surface area contributed by atoms with Gasteiger partial charge in [-0.1, -0.05) is 290 Å². The summed E-state index contributed by atoms with van der Waals surface area (Å²) >= 11 is 0. The van der Waals surface area contributed by atoms with Crippen LogP contribution in [0.25, 0.3) is 0 Å². The summed E-state index contributed by atoms with van der Waals surface area (Å²) in [6.07, 6.45) is 81.8. The molecule has 0 aromatic carbocycles. The predicted octanol–water partition coefficient (Wildman–Crippen LogP) is 23.1. The molecule has 102 heavy (non-hydrogen) atoms. The molecule has 0 aliphatic rings. The molecule has 0 saturated carbocycles. The normalized spacial score (nSPS) is 14.5. The van der Waals surface area contributed by atoms with E-state index in [4.69, 9.17) is 37.0 Å². The topological polar surface area (TPSA) is 237 Å². The molecule has 19 heteroatoms. The number of phosphoric ester groups is 2. The van der Waals surface area contributed by atoms with Crippen LogP contribution in [0, 0.1) is 0 Å². The number of esters is 4. The lowest BCUT2D eigenvalue weighted by atomic mass is 10.1. The minimum atomic E-state index is -4.99. The first kappa shape index (κ1) is 97.5. The van der Waals surface area contributed by atoms with Gasteiger partial charge >= 0.3 is 39.5 Å². The van der Waals surface area contributed by atoms with Gasteiger partial charge in [0.2, 0.25) is 0 Å². The lowest BCUT2D eigenvalue weighted by molar-refractivity contribution is -0.161. The maximum Gasteiger partial charge on any atom is 0.472 e. The Morgan fingerprint density at radius 2 is 0.510 bits per heavy atom. The summed E-state index contributed by atoms with van der Waals surface area (Å²) in [5.41, 5.74) is 0. The number of carbonyl (C=O) groups excluding carboxylic acids is 4. The molecule has 0 amide bonds. The van der Waals surface area contributed by atoms with E-state index in [1.54, 1.807) is 0 Å². The molecule has 0 bridgehead atoms. The van der Waals surface area contributed by atoms with Crippen molar-refractivity contribution in [2.24, 2.45) is 0 Å². The summed E-state index contributed by atoms with van der Waals surface area (Å²) in [6.45, 7) is 4.51. The van der Waals surface area contributed by atoms with E-state index in [2.05, 4.69) is 149 Å². The van der Waals surface area contributed by atoms with E-state index in [1.807, 2.05) is 0 Å². The quantitative estimate of drug-likeness (QED) is 0.0169. The average molecular weight is 1470 g/mol. The van der Waals surface area contributed by atoms with Gasteiger partial charge in [0.25, 0.3) is 0 Å². The SMILES string of the molecule is CC/C=C\C/C=C\C/C=C\C/C=C\CCCCCCCCC(=O)OCC(COP(=O)(O)OCC(O)COP(=O)(O)OCC(COC(=O)CCCCCCCCC/C=C\C/C=C\C/C=C\CC)OC(=O)CCCCCCCCCCCCC)OC(=O)CCCCCCC/C=C\C/C=C\C/C=C\CC. The number of phosphoric acid groups is 2. The Morgan fingerprint density at radius 3 is 0.784 bits per heavy atom. The molecule has 586 valence electrons. The van der Waals surface area contributed by atoms with Crippen molar-refractivity contribution in [1.29, 1.82) is 0 Å². The van der Waals surface area contributed by atoms with Gasteiger partial charge in [0.1, 0.15) is 19.3 Å². The van der Waals surface area contributed by atoms with E-state index in [0.717, 1.165) is 205 Å². The molecule has 0 saturated heterocycles. The molecule has 0 fully saturated rings. The number of aliphatic hydroxyl groups excluding tert-OH is 1. The summed E-state index contributed by atoms with van der Waals surface area (Å²) in [4.78, 5) is 73.0. The number of aliphatic hydroxyl groups is 1. The first-order chi connectivity index (χ1) is 49.7. The van der Waals surface area contributed by atoms with E-state index >= 15 is 0 Å². The number of allylic oxidation sites excluding steroid dienone is 20. The molecule has 17 nitrogen and oxygen atoms in total. The molecular weight excluding hydrogens is 1330 g/mol. The first-order valence-corrected chi connectivity index (χ1v) is 42.8. The van der Waals surface area contributed by atoms with Crippen molar-refractivity contribution in [1.82, 2.24) is 0 Å². The van der Waals surface area contributed by atoms with Crippen molar-refractivity contribution < 1.29 is 80.2 Å². The van der Waals surface area contributed by atoms with Crippen LogP contribution in [0.15, 0.2) is 122 Å². The van der Waals surface area contributed by atoms with Gasteiger partial charge in [-0.15, -0.1) is 0 Å². The van der Waals surface area contributed by atoms with Crippen molar-refractivity contribution in [3.8, 4) is 0 Å². The van der Waals surface area contributed by atoms with Gasteiger partial charge in [-0.25, -0.2) is 9.13 Å². The van der Waals surface area contributed by atoms with Crippen LogP contribution in [0.3, 0.4) is 0 Å². The number of hydrogen-bond acceptors (Lipinski definition) is 15. The highest BCUT2D eigenvalue weighted by Gasteiger charge is 2.30. The molecule has 0 spiro atoms. The van der Waals surface area contributed by atoms with Gasteiger partial charge in [-0.2, -0.15) is 0 Å². The molecule has 0 rings (SSSR count). The zero-order valence-electron chi connectivity index (χ0n) is 64.0. The number of ether oxygens (including phenoxy) is 4. The highest BCUT2D eigenvalue weighted by molar-refractivity contribution is 7.47. The van der Waals surface area contributed by atoms with Crippen molar-refractivity contribution in [2.75, 3.05) is 39.6 Å². The zero-order valence-corrected chi connectivity index (χ0v) is 65.8. The molecule has 3 N–H and O–H groups in total. The fraction of sp³-hybridized carbons (Fsp3) is 0.711. The van der Waals surface area contributed by atoms with Crippen LogP contribution in [0.5, 0.6) is 0 Å². The second kappa shape index (κ2) is 74.7. The lowest BCUT2D eigenvalue weighted by Crippen LogP contribution is -2.30. The zero-order chi connectivity index (χ0) is 74.6. The molecule has 0 heterocycles. The van der Waals surface area contributed by atoms with Crippen molar-refractivity contribution in [3.05, 3.63) is 122 Å². The molecule has 0 aliphatic heterocycles. The van der Waals surface area contributed by atoms with Crippen molar-refractivity contribution in [2.45, 2.75) is 341 Å². The monoisotopic (exact) mass is 1470 g/mol. The summed E-state index contributed by atoms with van der Waals surface area (Å²) in [5, 5.41) is 10.6. The largest absolute Gasteiger partial charge is 0.472 e. The number of carbonyl (C=O) groups is 4. The van der Waals surface area contributed by atoms with Crippen LogP contribution in [0.1, 0.15) is 323 Å². The fourth-order valence-electron chi connectivity index (χ4n) is 10.5. The Morgan fingerprint density at radius 1 is 0.284 bits per heavy atom. The molecule has 0 radical (unpaired) electrons. The molecule has 5 atom stereocenters. The van der Waals surface area contributed by atoms with Gasteiger partial charge < -0.3 is 33.8 Å². The van der Waals surface area contributed by atoms with Gasteiger partial charge in [0, 0.05) is 25.7 Å². The van der Waals surface area contributed by atoms with Crippen molar-refractivity contribution in [3.63, 3.8) is 0 Å². The second-order valence-electron chi connectivity index (χ2n) is 26.2. The third-order valence-electron chi connectivity index (χ3n) is 16.4. The van der Waals surface area contributed by atoms with Gasteiger partial charge in [0.05, 0.1) is 26.4 Å². The lowest BCUT2D eigenvalue weighted by Gasteiger charge is -2.21. The Labute approximate surface area is 619 Å². The summed E-state index contributed by atoms with van der Waals surface area (Å²) in [7, 11) is -9.96. The highest BCUT2D eigenvalue weighted by atomic mass is 31.2. The van der Waals surface area contributed by atoms with Gasteiger partial charge in [-0.05, 0) is 128 Å². The van der Waals surface area contributed by atoms with Crippen LogP contribution in [-0.4, -0.2) is 96.7 Å². The van der Waals surface area contributed by atoms with Gasteiger partial charge in [0.15, 0.2) is 12.2 Å². The van der Waals surface area contributed by atoms with E-state index in [-0.39, 0.29) is 25.7 Å². The Hall–Kier alpha value is -4.54. The molecular formula is C83H142O17P2. The van der Waals surface area contributed by atoms with Crippen LogP contribution in [0.2, 0.25) is 0 Å². The van der Waals surface area contributed by atoms with Crippen LogP contribution < -0.4 is 0 Å². The number of rotatable bonds is 74. The van der Waals surface area contributed by atoms with E-state index < -0.39 is 97.5 Å².